The largest absolute Gasteiger partial charge is 0.378 e. The summed E-state index contributed by atoms with van der Waals surface area (Å²) in [6.45, 7) is 0. The van der Waals surface area contributed by atoms with E-state index in [1.807, 2.05) is 0 Å². The lowest BCUT2D eigenvalue weighted by Gasteiger charge is -2.16. The van der Waals surface area contributed by atoms with E-state index in [1.165, 1.54) is 21.7 Å². The summed E-state index contributed by atoms with van der Waals surface area (Å²) in [6.07, 6.45) is 3.06. The van der Waals surface area contributed by atoms with Crippen LogP contribution in [0.25, 0.3) is 0 Å². The second-order valence-electron chi connectivity index (χ2n) is 4.90. The van der Waals surface area contributed by atoms with Crippen LogP contribution < -0.4 is 11.1 Å². The van der Waals surface area contributed by atoms with Crippen LogP contribution in [0.4, 0.5) is 5.69 Å². The van der Waals surface area contributed by atoms with Crippen LogP contribution in [0.1, 0.15) is 29.6 Å². The van der Waals surface area contributed by atoms with Gasteiger partial charge in [-0.2, -0.15) is 0 Å². The number of hydrogen-bond acceptors (Lipinski definition) is 3. The molecule has 2 aromatic carbocycles. The Kier molecular flexibility index (Phi) is 3.49. The molecule has 2 aromatic rings. The molecule has 0 fully saturated rings. The molecule has 1 aliphatic carbocycles. The summed E-state index contributed by atoms with van der Waals surface area (Å²) in [4.78, 5) is 1.28. The highest BCUT2D eigenvalue weighted by Crippen LogP contribution is 2.39. The Morgan fingerprint density at radius 3 is 2.68 bits per heavy atom. The Morgan fingerprint density at radius 1 is 1.11 bits per heavy atom. The molecule has 3 heteroatoms. The predicted molar refractivity (Wildman–Crippen MR) is 82.6 cm³/mol. The van der Waals surface area contributed by atoms with Crippen molar-refractivity contribution in [2.45, 2.75) is 23.4 Å². The lowest BCUT2D eigenvalue weighted by Crippen LogP contribution is -2.09. The minimum Gasteiger partial charge on any atom is -0.378 e. The summed E-state index contributed by atoms with van der Waals surface area (Å²) >= 11 is 1.76. The molecule has 0 saturated carbocycles. The van der Waals surface area contributed by atoms with Crippen LogP contribution in [0.3, 0.4) is 0 Å². The van der Waals surface area contributed by atoms with Gasteiger partial charge in [0.25, 0.3) is 0 Å². The van der Waals surface area contributed by atoms with E-state index in [9.17, 15) is 0 Å². The fourth-order valence-corrected chi connectivity index (χ4v) is 3.18. The van der Waals surface area contributed by atoms with Gasteiger partial charge in [-0.3, -0.25) is 0 Å². The van der Waals surface area contributed by atoms with Crippen LogP contribution in [0.2, 0.25) is 0 Å². The van der Waals surface area contributed by atoms with Crippen molar-refractivity contribution in [3.63, 3.8) is 0 Å². The van der Waals surface area contributed by atoms with Crippen molar-refractivity contribution in [1.82, 2.24) is 0 Å². The zero-order chi connectivity index (χ0) is 13.2. The second kappa shape index (κ2) is 5.27. The molecule has 0 spiro atoms. The van der Waals surface area contributed by atoms with Crippen LogP contribution in [-0.4, -0.2) is 6.26 Å². The minimum absolute atomic E-state index is 0.150. The zero-order valence-electron chi connectivity index (χ0n) is 11.0. The maximum atomic E-state index is 6.20. The molecule has 0 radical (unpaired) electrons. The molecule has 0 saturated heterocycles. The van der Waals surface area contributed by atoms with Gasteiger partial charge in [-0.15, -0.1) is 11.8 Å². The lowest BCUT2D eigenvalue weighted by molar-refractivity contribution is 0.648. The first-order valence-electron chi connectivity index (χ1n) is 6.53. The Labute approximate surface area is 118 Å². The van der Waals surface area contributed by atoms with E-state index in [0.717, 1.165) is 6.42 Å². The van der Waals surface area contributed by atoms with E-state index in [2.05, 4.69) is 60.1 Å². The van der Waals surface area contributed by atoms with Crippen LogP contribution in [0, 0.1) is 0 Å². The van der Waals surface area contributed by atoms with Gasteiger partial charge in [0.15, 0.2) is 0 Å². The van der Waals surface area contributed by atoms with Gasteiger partial charge in [-0.1, -0.05) is 30.3 Å². The number of thioether (sulfide) groups is 1. The molecule has 0 aromatic heterocycles. The molecule has 0 heterocycles. The van der Waals surface area contributed by atoms with Crippen LogP contribution in [0.5, 0.6) is 0 Å². The first-order valence-corrected chi connectivity index (χ1v) is 7.75. The standard InChI is InChI=1S/C16H18N2S/c1-19-12-6-4-5-11(9-12)18-16-10-15(17)13-7-2-3-8-14(13)16/h2-9,15-16,18H,10,17H2,1H3. The van der Waals surface area contributed by atoms with E-state index in [0.29, 0.717) is 6.04 Å². The fourth-order valence-electron chi connectivity index (χ4n) is 2.72. The lowest BCUT2D eigenvalue weighted by atomic mass is 10.1. The predicted octanol–water partition coefficient (Wildman–Crippen LogP) is 3.97. The third kappa shape index (κ3) is 2.48. The van der Waals surface area contributed by atoms with Crippen molar-refractivity contribution in [1.29, 1.82) is 0 Å². The van der Waals surface area contributed by atoms with Gasteiger partial charge in [-0.05, 0) is 42.0 Å². The van der Waals surface area contributed by atoms with E-state index in [-0.39, 0.29) is 6.04 Å². The molecule has 2 nitrogen and oxygen atoms in total. The SMILES string of the molecule is CSc1cccc(NC2CC(N)c3ccccc32)c1. The smallest absolute Gasteiger partial charge is 0.0535 e. The summed E-state index contributed by atoms with van der Waals surface area (Å²) in [5.74, 6) is 0. The Morgan fingerprint density at radius 2 is 1.89 bits per heavy atom. The average Bonchev–Trinajstić information content (AvgIpc) is 2.76. The Hall–Kier alpha value is -1.45. The summed E-state index contributed by atoms with van der Waals surface area (Å²) < 4.78 is 0. The van der Waals surface area contributed by atoms with Crippen molar-refractivity contribution in [3.8, 4) is 0 Å². The van der Waals surface area contributed by atoms with Gasteiger partial charge in [-0.25, -0.2) is 0 Å². The number of hydrogen-bond donors (Lipinski definition) is 2. The zero-order valence-corrected chi connectivity index (χ0v) is 11.8. The van der Waals surface area contributed by atoms with Crippen molar-refractivity contribution in [2.75, 3.05) is 11.6 Å². The molecular formula is C16H18N2S. The summed E-state index contributed by atoms with van der Waals surface area (Å²) in [7, 11) is 0. The second-order valence-corrected chi connectivity index (χ2v) is 5.78. The van der Waals surface area contributed by atoms with Gasteiger partial charge in [0, 0.05) is 16.6 Å². The monoisotopic (exact) mass is 270 g/mol. The summed E-state index contributed by atoms with van der Waals surface area (Å²) in [6, 6.07) is 17.5. The van der Waals surface area contributed by atoms with Gasteiger partial charge in [0.05, 0.1) is 6.04 Å². The average molecular weight is 270 g/mol. The normalized spacial score (nSPS) is 21.2. The first-order chi connectivity index (χ1) is 9.28. The molecule has 0 bridgehead atoms. The quantitative estimate of drug-likeness (QED) is 0.829. The van der Waals surface area contributed by atoms with Gasteiger partial charge in [0.2, 0.25) is 0 Å². The van der Waals surface area contributed by atoms with Crippen LogP contribution >= 0.6 is 11.8 Å². The highest BCUT2D eigenvalue weighted by Gasteiger charge is 2.27. The molecule has 0 amide bonds. The Balaban J connectivity index is 1.85. The number of fused-ring (bicyclic) bond motifs is 1. The summed E-state index contributed by atoms with van der Waals surface area (Å²) in [5, 5.41) is 3.61. The molecule has 3 rings (SSSR count). The molecule has 3 N–H and O–H groups in total. The van der Waals surface area contributed by atoms with Crippen molar-refractivity contribution in [3.05, 3.63) is 59.7 Å². The molecular weight excluding hydrogens is 252 g/mol. The number of nitrogens with two attached hydrogens (primary N) is 1. The highest BCUT2D eigenvalue weighted by molar-refractivity contribution is 7.98. The maximum absolute atomic E-state index is 6.20. The maximum Gasteiger partial charge on any atom is 0.0535 e. The Bertz CT molecular complexity index is 582. The minimum atomic E-state index is 0.150. The molecule has 19 heavy (non-hydrogen) atoms. The number of anilines is 1. The molecule has 2 unspecified atom stereocenters. The van der Waals surface area contributed by atoms with E-state index in [4.69, 9.17) is 5.73 Å². The van der Waals surface area contributed by atoms with Crippen molar-refractivity contribution >= 4 is 17.4 Å². The van der Waals surface area contributed by atoms with Gasteiger partial charge < -0.3 is 11.1 Å². The van der Waals surface area contributed by atoms with E-state index in [1.54, 1.807) is 11.8 Å². The van der Waals surface area contributed by atoms with Crippen molar-refractivity contribution in [2.24, 2.45) is 5.73 Å². The van der Waals surface area contributed by atoms with E-state index >= 15 is 0 Å². The van der Waals surface area contributed by atoms with E-state index < -0.39 is 0 Å². The molecule has 1 aliphatic rings. The number of rotatable bonds is 3. The fraction of sp³-hybridized carbons (Fsp3) is 0.250. The summed E-state index contributed by atoms with van der Waals surface area (Å²) in [5.41, 5.74) is 9.99. The third-order valence-electron chi connectivity index (χ3n) is 3.67. The molecule has 98 valence electrons. The van der Waals surface area contributed by atoms with Gasteiger partial charge >= 0.3 is 0 Å². The number of benzene rings is 2. The number of nitrogens with one attached hydrogen (secondary N) is 1. The van der Waals surface area contributed by atoms with Crippen LogP contribution in [-0.2, 0) is 0 Å². The third-order valence-corrected chi connectivity index (χ3v) is 4.40. The highest BCUT2D eigenvalue weighted by atomic mass is 32.2. The topological polar surface area (TPSA) is 38.0 Å². The molecule has 2 atom stereocenters. The van der Waals surface area contributed by atoms with Gasteiger partial charge in [0.1, 0.15) is 0 Å². The molecule has 0 aliphatic heterocycles. The van der Waals surface area contributed by atoms with Crippen LogP contribution in [0.15, 0.2) is 53.4 Å². The van der Waals surface area contributed by atoms with Crippen molar-refractivity contribution < 1.29 is 0 Å². The first kappa shape index (κ1) is 12.6.